The molecule has 188 valence electrons. The molecule has 0 saturated carbocycles. The summed E-state index contributed by atoms with van der Waals surface area (Å²) in [5.41, 5.74) is 2.08. The average molecular weight is 488 g/mol. The van der Waals surface area contributed by atoms with E-state index in [-0.39, 0.29) is 18.4 Å². The summed E-state index contributed by atoms with van der Waals surface area (Å²) in [4.78, 5) is 27.0. The Hall–Kier alpha value is -4.00. The first-order valence-corrected chi connectivity index (χ1v) is 12.4. The number of rotatable bonds is 10. The van der Waals surface area contributed by atoms with E-state index in [2.05, 4.69) is 17.6 Å². The van der Waals surface area contributed by atoms with Crippen LogP contribution < -0.4 is 20.1 Å². The molecule has 4 rings (SSSR count). The molecule has 0 atom stereocenters. The Balaban J connectivity index is 1.19. The maximum Gasteiger partial charge on any atom is 0.253 e. The van der Waals surface area contributed by atoms with Crippen molar-refractivity contribution in [3.63, 3.8) is 0 Å². The summed E-state index contributed by atoms with van der Waals surface area (Å²) >= 11 is 0. The third-order valence-corrected chi connectivity index (χ3v) is 6.14. The molecule has 1 aliphatic heterocycles. The smallest absolute Gasteiger partial charge is 0.253 e. The number of hydrogen-bond acceptors (Lipinski definition) is 5. The van der Waals surface area contributed by atoms with Crippen molar-refractivity contribution in [3.05, 3.63) is 84.4 Å². The van der Waals surface area contributed by atoms with Crippen molar-refractivity contribution in [1.82, 2.24) is 4.90 Å². The van der Waals surface area contributed by atoms with Gasteiger partial charge in [-0.15, -0.1) is 0 Å². The predicted molar refractivity (Wildman–Crippen MR) is 142 cm³/mol. The fourth-order valence-electron chi connectivity index (χ4n) is 4.01. The van der Waals surface area contributed by atoms with Crippen LogP contribution in [-0.4, -0.2) is 49.6 Å². The number of para-hydroxylation sites is 1. The van der Waals surface area contributed by atoms with E-state index in [4.69, 9.17) is 9.47 Å². The van der Waals surface area contributed by atoms with E-state index in [9.17, 15) is 9.59 Å². The summed E-state index contributed by atoms with van der Waals surface area (Å²) < 4.78 is 11.4. The molecule has 2 amide bonds. The van der Waals surface area contributed by atoms with Gasteiger partial charge in [-0.25, -0.2) is 0 Å². The second kappa shape index (κ2) is 12.6. The molecule has 2 N–H and O–H groups in total. The molecule has 0 radical (unpaired) electrons. The Kier molecular flexibility index (Phi) is 8.81. The molecule has 0 aliphatic carbocycles. The molecule has 0 bridgehead atoms. The zero-order valence-electron chi connectivity index (χ0n) is 20.6. The normalized spacial score (nSPS) is 13.6. The average Bonchev–Trinajstić information content (AvgIpc) is 2.91. The molecule has 3 aromatic carbocycles. The summed E-state index contributed by atoms with van der Waals surface area (Å²) in [6.45, 7) is 4.78. The van der Waals surface area contributed by atoms with Crippen LogP contribution in [-0.2, 0) is 4.79 Å². The first-order chi connectivity index (χ1) is 17.6. The Morgan fingerprint density at radius 3 is 2.22 bits per heavy atom. The molecule has 1 fully saturated rings. The number of nitrogens with zero attached hydrogens (tertiary/aromatic N) is 1. The molecule has 36 heavy (non-hydrogen) atoms. The molecule has 7 heteroatoms. The Morgan fingerprint density at radius 2 is 1.50 bits per heavy atom. The molecule has 0 unspecified atom stereocenters. The zero-order chi connectivity index (χ0) is 25.2. The minimum atomic E-state index is -0.179. The standard InChI is InChI=1S/C29H33N3O4/c1-22-14-16-32(17-15-22)29(34)23-10-12-24(13-11-23)31-28(33)21-30-25-6-5-9-27(20-25)36-19-18-35-26-7-3-2-4-8-26/h2-13,20,22,30H,14-19,21H2,1H3,(H,31,33). The van der Waals surface area contributed by atoms with Crippen LogP contribution >= 0.6 is 0 Å². The third kappa shape index (κ3) is 7.50. The van der Waals surface area contributed by atoms with E-state index in [0.717, 1.165) is 37.4 Å². The van der Waals surface area contributed by atoms with Gasteiger partial charge in [-0.2, -0.15) is 0 Å². The van der Waals surface area contributed by atoms with Crippen molar-refractivity contribution in [2.45, 2.75) is 19.8 Å². The van der Waals surface area contributed by atoms with Gasteiger partial charge < -0.3 is 25.0 Å². The largest absolute Gasteiger partial charge is 0.490 e. The highest BCUT2D eigenvalue weighted by Crippen LogP contribution is 2.20. The van der Waals surface area contributed by atoms with Crippen molar-refractivity contribution < 1.29 is 19.1 Å². The number of carbonyl (C=O) groups excluding carboxylic acids is 2. The summed E-state index contributed by atoms with van der Waals surface area (Å²) in [6.07, 6.45) is 2.09. The van der Waals surface area contributed by atoms with Crippen LogP contribution in [0.1, 0.15) is 30.1 Å². The van der Waals surface area contributed by atoms with E-state index in [0.29, 0.717) is 36.1 Å². The molecular weight excluding hydrogens is 454 g/mol. The van der Waals surface area contributed by atoms with E-state index in [1.165, 1.54) is 0 Å². The van der Waals surface area contributed by atoms with Crippen LogP contribution in [0.15, 0.2) is 78.9 Å². The van der Waals surface area contributed by atoms with Crippen molar-refractivity contribution in [3.8, 4) is 11.5 Å². The SMILES string of the molecule is CC1CCN(C(=O)c2ccc(NC(=O)CNc3cccc(OCCOc4ccccc4)c3)cc2)CC1. The first kappa shape index (κ1) is 25.1. The zero-order valence-corrected chi connectivity index (χ0v) is 20.6. The number of amides is 2. The number of hydrogen-bond donors (Lipinski definition) is 2. The lowest BCUT2D eigenvalue weighted by atomic mass is 9.98. The molecule has 3 aromatic rings. The third-order valence-electron chi connectivity index (χ3n) is 6.14. The minimum absolute atomic E-state index is 0.0511. The second-order valence-corrected chi connectivity index (χ2v) is 8.99. The fourth-order valence-corrected chi connectivity index (χ4v) is 4.01. The summed E-state index contributed by atoms with van der Waals surface area (Å²) in [5, 5.41) is 5.98. The van der Waals surface area contributed by atoms with E-state index >= 15 is 0 Å². The van der Waals surface area contributed by atoms with Crippen LogP contribution in [0.3, 0.4) is 0 Å². The number of benzene rings is 3. The minimum Gasteiger partial charge on any atom is -0.490 e. The van der Waals surface area contributed by atoms with Crippen molar-refractivity contribution in [2.24, 2.45) is 5.92 Å². The second-order valence-electron chi connectivity index (χ2n) is 8.99. The quantitative estimate of drug-likeness (QED) is 0.391. The highest BCUT2D eigenvalue weighted by atomic mass is 16.5. The summed E-state index contributed by atoms with van der Waals surface area (Å²) in [7, 11) is 0. The molecule has 1 aliphatic rings. The van der Waals surface area contributed by atoms with E-state index < -0.39 is 0 Å². The summed E-state index contributed by atoms with van der Waals surface area (Å²) in [5.74, 6) is 2.05. The number of nitrogens with one attached hydrogen (secondary N) is 2. The maximum absolute atomic E-state index is 12.7. The van der Waals surface area contributed by atoms with Gasteiger partial charge in [0.15, 0.2) is 0 Å². The Bertz CT molecular complexity index is 1130. The molecular formula is C29H33N3O4. The lowest BCUT2D eigenvalue weighted by molar-refractivity contribution is -0.114. The van der Waals surface area contributed by atoms with Gasteiger partial charge in [-0.1, -0.05) is 31.2 Å². The van der Waals surface area contributed by atoms with Gasteiger partial charge in [0.2, 0.25) is 5.91 Å². The lowest BCUT2D eigenvalue weighted by Crippen LogP contribution is -2.37. The summed E-state index contributed by atoms with van der Waals surface area (Å²) in [6, 6.07) is 24.1. The number of likely N-dealkylation sites (tertiary alicyclic amines) is 1. The van der Waals surface area contributed by atoms with E-state index in [1.807, 2.05) is 59.5 Å². The van der Waals surface area contributed by atoms with Crippen molar-refractivity contribution in [1.29, 1.82) is 0 Å². The Morgan fingerprint density at radius 1 is 0.833 bits per heavy atom. The van der Waals surface area contributed by atoms with Gasteiger partial charge >= 0.3 is 0 Å². The van der Waals surface area contributed by atoms with Gasteiger partial charge in [0.1, 0.15) is 24.7 Å². The maximum atomic E-state index is 12.7. The van der Waals surface area contributed by atoms with Gasteiger partial charge in [0.05, 0.1) is 6.54 Å². The highest BCUT2D eigenvalue weighted by molar-refractivity contribution is 5.96. The van der Waals surface area contributed by atoms with Crippen LogP contribution in [0.4, 0.5) is 11.4 Å². The lowest BCUT2D eigenvalue weighted by Gasteiger charge is -2.30. The molecule has 7 nitrogen and oxygen atoms in total. The first-order valence-electron chi connectivity index (χ1n) is 12.4. The monoisotopic (exact) mass is 487 g/mol. The number of anilines is 2. The number of piperidine rings is 1. The van der Waals surface area contributed by atoms with Crippen LogP contribution in [0, 0.1) is 5.92 Å². The molecule has 0 aromatic heterocycles. The number of carbonyl (C=O) groups is 2. The van der Waals surface area contributed by atoms with E-state index in [1.54, 1.807) is 24.3 Å². The van der Waals surface area contributed by atoms with Crippen molar-refractivity contribution in [2.75, 3.05) is 43.5 Å². The van der Waals surface area contributed by atoms with Crippen LogP contribution in [0.25, 0.3) is 0 Å². The van der Waals surface area contributed by atoms with Crippen molar-refractivity contribution >= 4 is 23.2 Å². The molecule has 1 heterocycles. The van der Waals surface area contributed by atoms with Gasteiger partial charge in [-0.05, 0) is 67.3 Å². The fraction of sp³-hybridized carbons (Fsp3) is 0.310. The molecule has 0 spiro atoms. The molecule has 1 saturated heterocycles. The van der Waals surface area contributed by atoms with Gasteiger partial charge in [-0.3, -0.25) is 9.59 Å². The predicted octanol–water partition coefficient (Wildman–Crippen LogP) is 5.07. The topological polar surface area (TPSA) is 79.9 Å². The van der Waals surface area contributed by atoms with Crippen LogP contribution in [0.2, 0.25) is 0 Å². The highest BCUT2D eigenvalue weighted by Gasteiger charge is 2.21. The van der Waals surface area contributed by atoms with Gasteiger partial charge in [0.25, 0.3) is 5.91 Å². The Labute approximate surface area is 212 Å². The van der Waals surface area contributed by atoms with Gasteiger partial charge in [0, 0.05) is 36.1 Å². The number of ether oxygens (including phenoxy) is 2. The van der Waals surface area contributed by atoms with Crippen LogP contribution in [0.5, 0.6) is 11.5 Å².